The number of carbonyl (C=O) groups excluding carboxylic acids is 2. The lowest BCUT2D eigenvalue weighted by atomic mass is 9.93. The molecule has 0 radical (unpaired) electrons. The van der Waals surface area contributed by atoms with Crippen molar-refractivity contribution in [3.8, 4) is 0 Å². The topological polar surface area (TPSA) is 55.9 Å². The van der Waals surface area contributed by atoms with Crippen molar-refractivity contribution in [2.24, 2.45) is 5.92 Å². The molecule has 1 N–H and O–H groups in total. The van der Waals surface area contributed by atoms with Crippen LogP contribution >= 0.6 is 0 Å². The van der Waals surface area contributed by atoms with Crippen LogP contribution in [0.2, 0.25) is 0 Å². The summed E-state index contributed by atoms with van der Waals surface area (Å²) >= 11 is 0. The molecule has 0 saturated carbocycles. The molecule has 4 aliphatic rings. The Morgan fingerprint density at radius 1 is 1.08 bits per heavy atom. The van der Waals surface area contributed by atoms with Crippen LogP contribution in [0.5, 0.6) is 0 Å². The smallest absolute Gasteiger partial charge is 0.236 e. The summed E-state index contributed by atoms with van der Waals surface area (Å²) < 4.78 is 0. The molecule has 5 rings (SSSR count). The summed E-state index contributed by atoms with van der Waals surface area (Å²) in [5, 5.41) is 3.28. The highest BCUT2D eigenvalue weighted by Gasteiger charge is 2.41. The van der Waals surface area contributed by atoms with Crippen LogP contribution in [0.3, 0.4) is 0 Å². The van der Waals surface area contributed by atoms with E-state index in [2.05, 4.69) is 27.2 Å². The molecule has 2 amide bonds. The van der Waals surface area contributed by atoms with E-state index in [1.165, 1.54) is 5.56 Å². The number of carbonyl (C=O) groups is 2. The number of piperidine rings is 1. The van der Waals surface area contributed by atoms with Gasteiger partial charge in [-0.25, -0.2) is 0 Å². The molecule has 2 unspecified atom stereocenters. The number of benzene rings is 1. The summed E-state index contributed by atoms with van der Waals surface area (Å²) in [6.45, 7) is 5.99. The largest absolute Gasteiger partial charge is 0.339 e. The SMILES string of the molecule is O=C(CN1CC2CCC(C1)N(Cc1ccccc1)C2=O)N1CCNCC1. The van der Waals surface area contributed by atoms with Crippen LogP contribution in [0.1, 0.15) is 18.4 Å². The molecule has 0 aliphatic carbocycles. The minimum Gasteiger partial charge on any atom is -0.339 e. The van der Waals surface area contributed by atoms with Crippen LogP contribution in [0.15, 0.2) is 30.3 Å². The highest BCUT2D eigenvalue weighted by molar-refractivity contribution is 5.81. The first-order valence-corrected chi connectivity index (χ1v) is 9.76. The molecule has 6 heteroatoms. The van der Waals surface area contributed by atoms with Crippen molar-refractivity contribution < 1.29 is 9.59 Å². The van der Waals surface area contributed by atoms with Gasteiger partial charge in [0.2, 0.25) is 11.8 Å². The third kappa shape index (κ3) is 3.76. The van der Waals surface area contributed by atoms with Gasteiger partial charge in [0.25, 0.3) is 0 Å². The number of amides is 2. The molecule has 4 aliphatic heterocycles. The quantitative estimate of drug-likeness (QED) is 0.856. The Balaban J connectivity index is 1.42. The zero-order valence-corrected chi connectivity index (χ0v) is 15.3. The summed E-state index contributed by atoms with van der Waals surface area (Å²) in [5.41, 5.74) is 1.18. The zero-order valence-electron chi connectivity index (χ0n) is 15.3. The predicted octanol–water partition coefficient (Wildman–Crippen LogP) is 0.541. The third-order valence-electron chi connectivity index (χ3n) is 5.89. The first-order chi connectivity index (χ1) is 12.7. The summed E-state index contributed by atoms with van der Waals surface area (Å²) in [5.74, 6) is 0.505. The van der Waals surface area contributed by atoms with E-state index in [0.29, 0.717) is 13.1 Å². The molecule has 0 aromatic heterocycles. The monoisotopic (exact) mass is 356 g/mol. The van der Waals surface area contributed by atoms with E-state index in [4.69, 9.17) is 0 Å². The lowest BCUT2D eigenvalue weighted by Gasteiger charge is -2.36. The number of hydrogen-bond acceptors (Lipinski definition) is 4. The van der Waals surface area contributed by atoms with Crippen LogP contribution in [0, 0.1) is 5.92 Å². The first-order valence-electron chi connectivity index (χ1n) is 9.76. The Bertz CT molecular complexity index is 644. The van der Waals surface area contributed by atoms with Crippen molar-refractivity contribution in [2.45, 2.75) is 25.4 Å². The highest BCUT2D eigenvalue weighted by Crippen LogP contribution is 2.30. The Morgan fingerprint density at radius 2 is 1.85 bits per heavy atom. The number of piperazine rings is 1. The van der Waals surface area contributed by atoms with E-state index in [1.807, 2.05) is 23.1 Å². The maximum absolute atomic E-state index is 12.9. The fraction of sp³-hybridized carbons (Fsp3) is 0.600. The van der Waals surface area contributed by atoms with Gasteiger partial charge in [-0.05, 0) is 18.4 Å². The molecule has 2 bridgehead atoms. The van der Waals surface area contributed by atoms with E-state index in [1.54, 1.807) is 0 Å². The molecule has 6 nitrogen and oxygen atoms in total. The molecule has 1 aromatic rings. The van der Waals surface area contributed by atoms with Crippen LogP contribution < -0.4 is 5.32 Å². The standard InChI is InChI=1S/C20H28N4O2/c25-19(23-10-8-21-9-11-23)15-22-13-17-6-7-18(14-22)24(20(17)26)12-16-4-2-1-3-5-16/h1-5,17-18,21H,6-15H2. The number of hydrogen-bond donors (Lipinski definition) is 1. The van der Waals surface area contributed by atoms with E-state index in [9.17, 15) is 9.59 Å². The Labute approximate surface area is 155 Å². The average Bonchev–Trinajstić information content (AvgIpc) is 2.95. The average molecular weight is 356 g/mol. The van der Waals surface area contributed by atoms with E-state index in [0.717, 1.165) is 52.1 Å². The zero-order chi connectivity index (χ0) is 17.9. The summed E-state index contributed by atoms with van der Waals surface area (Å²) in [4.78, 5) is 31.8. The molecule has 4 heterocycles. The van der Waals surface area contributed by atoms with Gasteiger partial charge in [0, 0.05) is 51.9 Å². The molecule has 140 valence electrons. The summed E-state index contributed by atoms with van der Waals surface area (Å²) in [6.07, 6.45) is 1.99. The van der Waals surface area contributed by atoms with Crippen molar-refractivity contribution >= 4 is 11.8 Å². The fourth-order valence-corrected chi connectivity index (χ4v) is 4.45. The predicted molar refractivity (Wildman–Crippen MR) is 99.4 cm³/mol. The molecule has 1 aromatic carbocycles. The van der Waals surface area contributed by atoms with E-state index < -0.39 is 0 Å². The second kappa shape index (κ2) is 7.76. The molecule has 2 atom stereocenters. The number of fused-ring (bicyclic) bond motifs is 4. The molecular formula is C20H28N4O2. The molecule has 4 saturated heterocycles. The lowest BCUT2D eigenvalue weighted by molar-refractivity contribution is -0.140. The van der Waals surface area contributed by atoms with Gasteiger partial charge < -0.3 is 15.1 Å². The summed E-state index contributed by atoms with van der Waals surface area (Å²) in [6, 6.07) is 10.4. The Hall–Kier alpha value is -1.92. The maximum atomic E-state index is 12.9. The van der Waals surface area contributed by atoms with Crippen molar-refractivity contribution in [1.29, 1.82) is 0 Å². The van der Waals surface area contributed by atoms with Crippen molar-refractivity contribution in [3.63, 3.8) is 0 Å². The lowest BCUT2D eigenvalue weighted by Crippen LogP contribution is -2.50. The van der Waals surface area contributed by atoms with Crippen molar-refractivity contribution in [2.75, 3.05) is 45.8 Å². The van der Waals surface area contributed by atoms with Crippen LogP contribution in [-0.2, 0) is 16.1 Å². The first kappa shape index (κ1) is 17.5. The van der Waals surface area contributed by atoms with Gasteiger partial charge in [-0.3, -0.25) is 14.5 Å². The van der Waals surface area contributed by atoms with Gasteiger partial charge in [0.05, 0.1) is 12.5 Å². The van der Waals surface area contributed by atoms with Gasteiger partial charge in [-0.2, -0.15) is 0 Å². The minimum atomic E-state index is 0.0354. The third-order valence-corrected chi connectivity index (χ3v) is 5.89. The number of nitrogens with one attached hydrogen (secondary N) is 1. The van der Waals surface area contributed by atoms with Crippen molar-refractivity contribution in [3.05, 3.63) is 35.9 Å². The second-order valence-corrected chi connectivity index (χ2v) is 7.70. The van der Waals surface area contributed by atoms with Crippen LogP contribution in [-0.4, -0.2) is 78.4 Å². The molecule has 26 heavy (non-hydrogen) atoms. The normalized spacial score (nSPS) is 26.8. The van der Waals surface area contributed by atoms with Gasteiger partial charge in [0.1, 0.15) is 0 Å². The van der Waals surface area contributed by atoms with Gasteiger partial charge in [0.15, 0.2) is 0 Å². The number of nitrogens with zero attached hydrogens (tertiary/aromatic N) is 3. The van der Waals surface area contributed by atoms with Gasteiger partial charge in [-0.1, -0.05) is 30.3 Å². The fourth-order valence-electron chi connectivity index (χ4n) is 4.45. The highest BCUT2D eigenvalue weighted by atomic mass is 16.2. The van der Waals surface area contributed by atoms with Gasteiger partial charge in [-0.15, -0.1) is 0 Å². The Morgan fingerprint density at radius 3 is 2.62 bits per heavy atom. The maximum Gasteiger partial charge on any atom is 0.236 e. The van der Waals surface area contributed by atoms with Crippen LogP contribution in [0.4, 0.5) is 0 Å². The molecular weight excluding hydrogens is 328 g/mol. The minimum absolute atomic E-state index is 0.0354. The molecule has 0 spiro atoms. The number of rotatable bonds is 4. The second-order valence-electron chi connectivity index (χ2n) is 7.70. The molecule has 4 fully saturated rings. The van der Waals surface area contributed by atoms with Gasteiger partial charge >= 0.3 is 0 Å². The van der Waals surface area contributed by atoms with E-state index in [-0.39, 0.29) is 23.8 Å². The van der Waals surface area contributed by atoms with Crippen LogP contribution in [0.25, 0.3) is 0 Å². The summed E-state index contributed by atoms with van der Waals surface area (Å²) in [7, 11) is 0. The Kier molecular flexibility index (Phi) is 5.22. The van der Waals surface area contributed by atoms with E-state index >= 15 is 0 Å². The van der Waals surface area contributed by atoms with Crippen molar-refractivity contribution in [1.82, 2.24) is 20.0 Å².